The smallest absolute Gasteiger partial charge is 0.261 e. The van der Waals surface area contributed by atoms with Gasteiger partial charge in [0.2, 0.25) is 0 Å². The van der Waals surface area contributed by atoms with E-state index < -0.39 is 25.7 Å². The van der Waals surface area contributed by atoms with Crippen molar-refractivity contribution in [1.29, 1.82) is 0 Å². The van der Waals surface area contributed by atoms with Crippen molar-refractivity contribution in [1.82, 2.24) is 0 Å². The van der Waals surface area contributed by atoms with E-state index in [0.717, 1.165) is 29.9 Å². The molecule has 1 heterocycles. The van der Waals surface area contributed by atoms with Gasteiger partial charge >= 0.3 is 0 Å². The number of hydrogen-bond donors (Lipinski definition) is 0. The molecular formula is C19H21ClFNO2SSi. The number of carbonyl (C=O) groups is 2. The molecule has 0 saturated heterocycles. The van der Waals surface area contributed by atoms with Crippen LogP contribution in [0, 0.1) is 5.82 Å². The first-order chi connectivity index (χ1) is 12.1. The minimum absolute atomic E-state index is 0.0493. The van der Waals surface area contributed by atoms with Crippen molar-refractivity contribution >= 4 is 54.3 Å². The lowest BCUT2D eigenvalue weighted by molar-refractivity contribution is -0.120. The molecule has 2 amide bonds. The highest BCUT2D eigenvalue weighted by molar-refractivity contribution is 7.81. The van der Waals surface area contributed by atoms with Gasteiger partial charge in [-0.2, -0.15) is 0 Å². The second-order valence-electron chi connectivity index (χ2n) is 8.05. The quantitative estimate of drug-likeness (QED) is 0.294. The van der Waals surface area contributed by atoms with Crippen LogP contribution in [0.4, 0.5) is 10.1 Å². The SMILES string of the molecule is C[Si](C)(C)CC(=S)c1cc(N2C(=O)C3=C(CCCC3)C2=O)c(F)cc1Cl. The van der Waals surface area contributed by atoms with Crippen molar-refractivity contribution in [2.24, 2.45) is 0 Å². The number of imide groups is 1. The zero-order chi connectivity index (χ0) is 19.2. The molecule has 138 valence electrons. The molecule has 2 aliphatic rings. The van der Waals surface area contributed by atoms with Crippen molar-refractivity contribution in [3.63, 3.8) is 0 Å². The van der Waals surface area contributed by atoms with Crippen LogP contribution in [-0.2, 0) is 9.59 Å². The molecule has 0 atom stereocenters. The first-order valence-corrected chi connectivity index (χ1v) is 13.2. The molecule has 7 heteroatoms. The van der Waals surface area contributed by atoms with E-state index in [4.69, 9.17) is 23.8 Å². The van der Waals surface area contributed by atoms with Gasteiger partial charge in [-0.1, -0.05) is 43.5 Å². The molecule has 0 radical (unpaired) electrons. The Morgan fingerprint density at radius 2 is 1.69 bits per heavy atom. The van der Waals surface area contributed by atoms with Gasteiger partial charge in [-0.25, -0.2) is 9.29 Å². The van der Waals surface area contributed by atoms with Gasteiger partial charge in [0.15, 0.2) is 0 Å². The zero-order valence-electron chi connectivity index (χ0n) is 15.1. The molecule has 0 aromatic heterocycles. The van der Waals surface area contributed by atoms with Gasteiger partial charge < -0.3 is 0 Å². The minimum Gasteiger partial charge on any atom is -0.269 e. The van der Waals surface area contributed by atoms with E-state index in [2.05, 4.69) is 19.6 Å². The van der Waals surface area contributed by atoms with Crippen LogP contribution in [0.15, 0.2) is 23.3 Å². The summed E-state index contributed by atoms with van der Waals surface area (Å²) in [6.45, 7) is 6.55. The second-order valence-corrected chi connectivity index (χ2v) is 14.4. The number of benzene rings is 1. The van der Waals surface area contributed by atoms with Gasteiger partial charge in [0.05, 0.1) is 10.7 Å². The second kappa shape index (κ2) is 6.98. The summed E-state index contributed by atoms with van der Waals surface area (Å²) in [5.74, 6) is -1.50. The van der Waals surface area contributed by atoms with Crippen LogP contribution in [0.3, 0.4) is 0 Å². The van der Waals surface area contributed by atoms with E-state index in [1.165, 1.54) is 6.07 Å². The van der Waals surface area contributed by atoms with Gasteiger partial charge in [-0.3, -0.25) is 9.59 Å². The number of halogens is 2. The minimum atomic E-state index is -1.49. The highest BCUT2D eigenvalue weighted by atomic mass is 35.5. The molecule has 0 spiro atoms. The summed E-state index contributed by atoms with van der Waals surface area (Å²) in [7, 11) is -1.49. The number of nitrogens with zero attached hydrogens (tertiary/aromatic N) is 1. The van der Waals surface area contributed by atoms with E-state index >= 15 is 0 Å². The third kappa shape index (κ3) is 3.55. The molecule has 1 aliphatic carbocycles. The van der Waals surface area contributed by atoms with Crippen LogP contribution >= 0.6 is 23.8 Å². The molecular weight excluding hydrogens is 389 g/mol. The molecule has 1 aliphatic heterocycles. The zero-order valence-corrected chi connectivity index (χ0v) is 17.7. The highest BCUT2D eigenvalue weighted by Gasteiger charge is 2.41. The highest BCUT2D eigenvalue weighted by Crippen LogP contribution is 2.38. The maximum absolute atomic E-state index is 14.6. The van der Waals surface area contributed by atoms with Crippen LogP contribution < -0.4 is 4.90 Å². The molecule has 0 fully saturated rings. The summed E-state index contributed by atoms with van der Waals surface area (Å²) < 4.78 is 14.6. The Morgan fingerprint density at radius 3 is 2.19 bits per heavy atom. The summed E-state index contributed by atoms with van der Waals surface area (Å²) >= 11 is 11.7. The monoisotopic (exact) mass is 409 g/mol. The van der Waals surface area contributed by atoms with Gasteiger partial charge in [-0.05, 0) is 43.9 Å². The third-order valence-corrected chi connectivity index (χ3v) is 7.01. The maximum Gasteiger partial charge on any atom is 0.261 e. The van der Waals surface area contributed by atoms with E-state index in [-0.39, 0.29) is 10.7 Å². The van der Waals surface area contributed by atoms with Crippen molar-refractivity contribution in [3.05, 3.63) is 39.7 Å². The fraction of sp³-hybridized carbons (Fsp3) is 0.421. The van der Waals surface area contributed by atoms with Crippen molar-refractivity contribution in [2.45, 2.75) is 51.4 Å². The first-order valence-electron chi connectivity index (χ1n) is 8.73. The summed E-state index contributed by atoms with van der Waals surface area (Å²) in [4.78, 5) is 27.0. The van der Waals surface area contributed by atoms with Gasteiger partial charge in [0, 0.05) is 29.6 Å². The fourth-order valence-electron chi connectivity index (χ4n) is 3.46. The molecule has 0 N–H and O–H groups in total. The van der Waals surface area contributed by atoms with Crippen LogP contribution in [-0.4, -0.2) is 24.8 Å². The van der Waals surface area contributed by atoms with Crippen LogP contribution in [0.25, 0.3) is 0 Å². The molecule has 3 nitrogen and oxygen atoms in total. The normalized spacial score (nSPS) is 17.8. The lowest BCUT2D eigenvalue weighted by atomic mass is 9.93. The first kappa shape index (κ1) is 19.4. The van der Waals surface area contributed by atoms with Crippen molar-refractivity contribution in [2.75, 3.05) is 4.90 Å². The summed E-state index contributed by atoms with van der Waals surface area (Å²) in [5.41, 5.74) is 1.54. The van der Waals surface area contributed by atoms with E-state index in [0.29, 0.717) is 34.4 Å². The number of anilines is 1. The molecule has 0 bridgehead atoms. The average Bonchev–Trinajstić information content (AvgIpc) is 2.78. The largest absolute Gasteiger partial charge is 0.269 e. The van der Waals surface area contributed by atoms with E-state index in [9.17, 15) is 14.0 Å². The summed E-state index contributed by atoms with van der Waals surface area (Å²) in [6, 6.07) is 3.35. The standard InChI is InChI=1S/C19H21ClFNO2SSi/c1-26(2,3)10-17(25)13-8-16(15(21)9-14(13)20)22-18(23)11-6-4-5-7-12(11)19(22)24/h8-9H,4-7,10H2,1-3H3. The lowest BCUT2D eigenvalue weighted by Crippen LogP contribution is -2.32. The predicted octanol–water partition coefficient (Wildman–Crippen LogP) is 5.28. The summed E-state index contributed by atoms with van der Waals surface area (Å²) in [5, 5.41) is 0.214. The van der Waals surface area contributed by atoms with Crippen LogP contribution in [0.1, 0.15) is 31.2 Å². The molecule has 0 unspecified atom stereocenters. The topological polar surface area (TPSA) is 37.4 Å². The molecule has 3 rings (SSSR count). The van der Waals surface area contributed by atoms with Crippen molar-refractivity contribution < 1.29 is 14.0 Å². The Bertz CT molecular complexity index is 832. The Balaban J connectivity index is 2.01. The molecule has 26 heavy (non-hydrogen) atoms. The summed E-state index contributed by atoms with van der Waals surface area (Å²) in [6.07, 6.45) is 2.90. The number of amides is 2. The van der Waals surface area contributed by atoms with Gasteiger partial charge in [0.1, 0.15) is 5.82 Å². The number of hydrogen-bond acceptors (Lipinski definition) is 3. The van der Waals surface area contributed by atoms with Crippen LogP contribution in [0.5, 0.6) is 0 Å². The Kier molecular flexibility index (Phi) is 5.21. The van der Waals surface area contributed by atoms with Crippen LogP contribution in [0.2, 0.25) is 30.7 Å². The Hall–Kier alpha value is -1.37. The molecule has 1 aromatic rings. The number of carbonyl (C=O) groups excluding carboxylic acids is 2. The number of thiocarbonyl (C=S) groups is 1. The number of rotatable bonds is 4. The van der Waals surface area contributed by atoms with Crippen molar-refractivity contribution in [3.8, 4) is 0 Å². The maximum atomic E-state index is 14.6. The lowest BCUT2D eigenvalue weighted by Gasteiger charge is -2.20. The Labute approximate surface area is 164 Å². The predicted molar refractivity (Wildman–Crippen MR) is 109 cm³/mol. The fourth-order valence-corrected chi connectivity index (χ4v) is 6.40. The van der Waals surface area contributed by atoms with E-state index in [1.54, 1.807) is 0 Å². The van der Waals surface area contributed by atoms with Gasteiger partial charge in [-0.15, -0.1) is 0 Å². The Morgan fingerprint density at radius 1 is 1.15 bits per heavy atom. The van der Waals surface area contributed by atoms with Gasteiger partial charge in [0.25, 0.3) is 11.8 Å². The molecule has 0 saturated carbocycles. The third-order valence-electron chi connectivity index (χ3n) is 4.66. The average molecular weight is 410 g/mol. The van der Waals surface area contributed by atoms with E-state index in [1.807, 2.05) is 0 Å². The molecule has 1 aromatic carbocycles.